The van der Waals surface area contributed by atoms with E-state index in [-0.39, 0.29) is 18.3 Å². The van der Waals surface area contributed by atoms with Gasteiger partial charge in [0, 0.05) is 11.2 Å². The summed E-state index contributed by atoms with van der Waals surface area (Å²) < 4.78 is 9.12. The molecule has 4 rings (SSSR count). The summed E-state index contributed by atoms with van der Waals surface area (Å²) in [7, 11) is 0. The lowest BCUT2D eigenvalue weighted by atomic mass is 10.2. The molecule has 2 aromatic heterocycles. The van der Waals surface area contributed by atoms with Crippen LogP contribution in [0.5, 0.6) is 5.75 Å². The van der Waals surface area contributed by atoms with Crippen LogP contribution in [0.25, 0.3) is 0 Å². The predicted molar refractivity (Wildman–Crippen MR) is 129 cm³/mol. The summed E-state index contributed by atoms with van der Waals surface area (Å²) in [5.74, 6) is 0.243. The minimum absolute atomic E-state index is 0.131. The average Bonchev–Trinajstić information content (AvgIpc) is 3.35. The molecule has 1 N–H and O–H groups in total. The molecule has 0 unspecified atom stereocenters. The van der Waals surface area contributed by atoms with Crippen LogP contribution in [0.4, 0.5) is 5.69 Å². The van der Waals surface area contributed by atoms with E-state index in [9.17, 15) is 4.79 Å². The van der Waals surface area contributed by atoms with Crippen molar-refractivity contribution in [2.45, 2.75) is 34.0 Å². The zero-order valence-electron chi connectivity index (χ0n) is 18.5. The SMILES string of the molecule is Cc1ccc(Cl)c(OCn2ccc(C(=O)Nc3c(C)nn(Cc4cccc(Cl)c4)c3C)n2)c1. The van der Waals surface area contributed by atoms with E-state index >= 15 is 0 Å². The average molecular weight is 484 g/mol. The summed E-state index contributed by atoms with van der Waals surface area (Å²) in [6, 6.07) is 14.8. The van der Waals surface area contributed by atoms with Gasteiger partial charge in [0.25, 0.3) is 5.91 Å². The number of nitrogens with zero attached hydrogens (tertiary/aromatic N) is 4. The topological polar surface area (TPSA) is 74.0 Å². The highest BCUT2D eigenvalue weighted by Crippen LogP contribution is 2.25. The summed E-state index contributed by atoms with van der Waals surface area (Å²) in [4.78, 5) is 12.8. The van der Waals surface area contributed by atoms with E-state index in [1.165, 1.54) is 4.68 Å². The molecule has 2 heterocycles. The van der Waals surface area contributed by atoms with Crippen molar-refractivity contribution in [3.63, 3.8) is 0 Å². The maximum absolute atomic E-state index is 12.8. The third kappa shape index (κ3) is 5.38. The number of hydrogen-bond acceptors (Lipinski definition) is 4. The maximum atomic E-state index is 12.8. The van der Waals surface area contributed by atoms with Crippen LogP contribution in [0.15, 0.2) is 54.7 Å². The lowest BCUT2D eigenvalue weighted by Gasteiger charge is -2.09. The van der Waals surface area contributed by atoms with Crippen molar-refractivity contribution in [1.29, 1.82) is 0 Å². The van der Waals surface area contributed by atoms with Crippen LogP contribution in [0.3, 0.4) is 0 Å². The molecule has 4 aromatic rings. The number of aromatic nitrogens is 4. The van der Waals surface area contributed by atoms with E-state index in [2.05, 4.69) is 15.5 Å². The van der Waals surface area contributed by atoms with E-state index in [1.54, 1.807) is 18.3 Å². The number of carbonyl (C=O) groups is 1. The molecule has 33 heavy (non-hydrogen) atoms. The Labute approximate surface area is 201 Å². The summed E-state index contributed by atoms with van der Waals surface area (Å²) in [6.07, 6.45) is 1.68. The molecule has 0 bridgehead atoms. The summed E-state index contributed by atoms with van der Waals surface area (Å²) in [5, 5.41) is 13.0. The fourth-order valence-electron chi connectivity index (χ4n) is 3.43. The van der Waals surface area contributed by atoms with E-state index in [4.69, 9.17) is 27.9 Å². The first-order chi connectivity index (χ1) is 15.8. The second-order valence-electron chi connectivity index (χ2n) is 7.74. The van der Waals surface area contributed by atoms with Gasteiger partial charge in [-0.25, -0.2) is 4.68 Å². The zero-order valence-corrected chi connectivity index (χ0v) is 20.0. The molecular weight excluding hydrogens is 461 g/mol. The Hall–Kier alpha value is -3.29. The maximum Gasteiger partial charge on any atom is 0.276 e. The van der Waals surface area contributed by atoms with E-state index in [1.807, 2.05) is 61.9 Å². The first-order valence-corrected chi connectivity index (χ1v) is 11.1. The summed E-state index contributed by atoms with van der Waals surface area (Å²) in [6.45, 7) is 6.41. The van der Waals surface area contributed by atoms with Gasteiger partial charge >= 0.3 is 0 Å². The number of amides is 1. The molecule has 0 aliphatic heterocycles. The van der Waals surface area contributed by atoms with Gasteiger partial charge in [0.05, 0.1) is 28.6 Å². The molecule has 9 heteroatoms. The number of anilines is 1. The van der Waals surface area contributed by atoms with Crippen LogP contribution in [0, 0.1) is 20.8 Å². The first kappa shape index (κ1) is 22.9. The van der Waals surface area contributed by atoms with Gasteiger partial charge in [-0.15, -0.1) is 0 Å². The van der Waals surface area contributed by atoms with Crippen LogP contribution in [0.1, 0.15) is 33.0 Å². The van der Waals surface area contributed by atoms with Gasteiger partial charge in [0.2, 0.25) is 0 Å². The van der Waals surface area contributed by atoms with Crippen LogP contribution < -0.4 is 10.1 Å². The van der Waals surface area contributed by atoms with Gasteiger partial charge in [-0.1, -0.05) is 41.4 Å². The van der Waals surface area contributed by atoms with Crippen molar-refractivity contribution >= 4 is 34.8 Å². The number of rotatable bonds is 7. The van der Waals surface area contributed by atoms with Crippen LogP contribution in [-0.2, 0) is 13.3 Å². The Morgan fingerprint density at radius 1 is 1.06 bits per heavy atom. The molecule has 2 aromatic carbocycles. The highest BCUT2D eigenvalue weighted by molar-refractivity contribution is 6.32. The van der Waals surface area contributed by atoms with Crippen molar-refractivity contribution in [1.82, 2.24) is 19.6 Å². The largest absolute Gasteiger partial charge is 0.470 e. The second-order valence-corrected chi connectivity index (χ2v) is 8.58. The molecule has 0 aliphatic carbocycles. The Bertz CT molecular complexity index is 1310. The molecular formula is C24H23Cl2N5O2. The van der Waals surface area contributed by atoms with E-state index < -0.39 is 0 Å². The number of benzene rings is 2. The van der Waals surface area contributed by atoms with Crippen molar-refractivity contribution in [3.05, 3.63) is 93.0 Å². The third-order valence-electron chi connectivity index (χ3n) is 5.15. The second kappa shape index (κ2) is 9.68. The van der Waals surface area contributed by atoms with Crippen molar-refractivity contribution in [2.24, 2.45) is 0 Å². The molecule has 1 amide bonds. The standard InChI is InChI=1S/C24H23Cl2N5O2/c1-15-7-8-20(26)22(11-15)33-14-30-10-9-21(29-30)24(32)27-23-16(2)28-31(17(23)3)13-18-5-4-6-19(25)12-18/h4-12H,13-14H2,1-3H3,(H,27,32). The number of aryl methyl sites for hydroxylation is 2. The summed E-state index contributed by atoms with van der Waals surface area (Å²) >= 11 is 12.3. The van der Waals surface area contributed by atoms with Gasteiger partial charge in [-0.05, 0) is 62.2 Å². The molecule has 0 spiro atoms. The Morgan fingerprint density at radius 3 is 2.67 bits per heavy atom. The molecule has 0 radical (unpaired) electrons. The predicted octanol–water partition coefficient (Wildman–Crippen LogP) is 5.65. The van der Waals surface area contributed by atoms with Gasteiger partial charge in [0.1, 0.15) is 5.75 Å². The normalized spacial score (nSPS) is 10.9. The molecule has 7 nitrogen and oxygen atoms in total. The van der Waals surface area contributed by atoms with Crippen molar-refractivity contribution in [2.75, 3.05) is 5.32 Å². The molecule has 0 atom stereocenters. The smallest absolute Gasteiger partial charge is 0.276 e. The number of nitrogens with one attached hydrogen (secondary N) is 1. The molecule has 0 saturated carbocycles. The van der Waals surface area contributed by atoms with E-state index in [0.29, 0.717) is 28.0 Å². The number of hydrogen-bond donors (Lipinski definition) is 1. The van der Waals surface area contributed by atoms with Gasteiger partial charge in [0.15, 0.2) is 12.4 Å². The zero-order chi connectivity index (χ0) is 23.5. The molecule has 0 fully saturated rings. The lowest BCUT2D eigenvalue weighted by Crippen LogP contribution is -2.15. The minimum Gasteiger partial charge on any atom is -0.470 e. The first-order valence-electron chi connectivity index (χ1n) is 10.3. The molecule has 0 aliphatic rings. The Balaban J connectivity index is 1.43. The third-order valence-corrected chi connectivity index (χ3v) is 5.70. The van der Waals surface area contributed by atoms with Crippen LogP contribution >= 0.6 is 23.2 Å². The quantitative estimate of drug-likeness (QED) is 0.368. The number of halogens is 2. The monoisotopic (exact) mass is 483 g/mol. The summed E-state index contributed by atoms with van der Waals surface area (Å²) in [5.41, 5.74) is 4.57. The Morgan fingerprint density at radius 2 is 1.88 bits per heavy atom. The Kier molecular flexibility index (Phi) is 6.72. The van der Waals surface area contributed by atoms with Gasteiger partial charge in [-0.2, -0.15) is 10.2 Å². The van der Waals surface area contributed by atoms with Crippen molar-refractivity contribution < 1.29 is 9.53 Å². The fraction of sp³-hybridized carbons (Fsp3) is 0.208. The van der Waals surface area contributed by atoms with Crippen LogP contribution in [-0.4, -0.2) is 25.5 Å². The molecule has 0 saturated heterocycles. The fourth-order valence-corrected chi connectivity index (χ4v) is 3.81. The molecule has 170 valence electrons. The highest BCUT2D eigenvalue weighted by Gasteiger charge is 2.17. The van der Waals surface area contributed by atoms with Gasteiger partial charge < -0.3 is 10.1 Å². The number of carbonyl (C=O) groups excluding carboxylic acids is 1. The van der Waals surface area contributed by atoms with Gasteiger partial charge in [-0.3, -0.25) is 9.48 Å². The van der Waals surface area contributed by atoms with Crippen molar-refractivity contribution in [3.8, 4) is 5.75 Å². The van der Waals surface area contributed by atoms with Crippen LogP contribution in [0.2, 0.25) is 10.0 Å². The van der Waals surface area contributed by atoms with E-state index in [0.717, 1.165) is 22.5 Å². The lowest BCUT2D eigenvalue weighted by molar-refractivity contribution is 0.102. The number of ether oxygens (including phenoxy) is 1. The highest BCUT2D eigenvalue weighted by atomic mass is 35.5. The minimum atomic E-state index is -0.323.